The number of aromatic nitrogens is 2. The maximum absolute atomic E-state index is 5.37. The van der Waals surface area contributed by atoms with E-state index in [0.29, 0.717) is 0 Å². The van der Waals surface area contributed by atoms with E-state index in [1.165, 1.54) is 48.7 Å². The summed E-state index contributed by atoms with van der Waals surface area (Å²) in [5, 5.41) is 17.4. The Morgan fingerprint density at radius 1 is 0.510 bits per heavy atom. The van der Waals surface area contributed by atoms with Crippen LogP contribution < -0.4 is 10.6 Å². The monoisotopic (exact) mass is 629 g/mol. The van der Waals surface area contributed by atoms with E-state index in [2.05, 4.69) is 173 Å². The highest BCUT2D eigenvalue weighted by Crippen LogP contribution is 2.37. The lowest BCUT2D eigenvalue weighted by Gasteiger charge is -2.33. The Balaban J connectivity index is 1.16. The minimum atomic E-state index is -0.275. The molecule has 0 spiro atoms. The standard InChI is InChI=1S/C44H31N5/c1-4-16-32-28(11-1)14-9-20-35(32)43-46-42(47-44(48-43)36-21-10-15-29-12-2-5-17-33(29)36)31-25-26-45-40(27-31)49-38-22-8-7-19-37(38)41-34-18-6-3-13-30(34)23-24-39(41)49/h1-27,43-44,48H,(H,46,47). The number of benzene rings is 7. The number of pyridine rings is 1. The average Bonchev–Trinajstić information content (AvgIpc) is 3.52. The molecule has 2 atom stereocenters. The second-order valence-electron chi connectivity index (χ2n) is 12.7. The van der Waals surface area contributed by atoms with E-state index in [1.54, 1.807) is 0 Å². The summed E-state index contributed by atoms with van der Waals surface area (Å²) >= 11 is 0. The number of aliphatic imine (C=N–C) groups is 1. The van der Waals surface area contributed by atoms with E-state index in [0.717, 1.165) is 33.8 Å². The van der Waals surface area contributed by atoms with Crippen molar-refractivity contribution in [2.45, 2.75) is 12.3 Å². The van der Waals surface area contributed by atoms with E-state index in [1.807, 2.05) is 6.20 Å². The van der Waals surface area contributed by atoms with Crippen molar-refractivity contribution in [2.75, 3.05) is 0 Å². The molecule has 1 aliphatic heterocycles. The molecule has 0 saturated carbocycles. The summed E-state index contributed by atoms with van der Waals surface area (Å²) < 4.78 is 2.28. The van der Waals surface area contributed by atoms with Crippen LogP contribution in [0.4, 0.5) is 0 Å². The zero-order chi connectivity index (χ0) is 32.3. The van der Waals surface area contributed by atoms with Gasteiger partial charge in [-0.15, -0.1) is 0 Å². The summed E-state index contributed by atoms with van der Waals surface area (Å²) in [6.45, 7) is 0. The van der Waals surface area contributed by atoms with Crippen molar-refractivity contribution in [3.8, 4) is 5.82 Å². The molecule has 0 amide bonds. The third-order valence-electron chi connectivity index (χ3n) is 9.93. The smallest absolute Gasteiger partial charge is 0.138 e. The van der Waals surface area contributed by atoms with Gasteiger partial charge in [-0.2, -0.15) is 0 Å². The molecule has 7 aromatic carbocycles. The highest BCUT2D eigenvalue weighted by molar-refractivity contribution is 6.21. The van der Waals surface area contributed by atoms with E-state index >= 15 is 0 Å². The van der Waals surface area contributed by atoms with Gasteiger partial charge in [0.1, 0.15) is 24.0 Å². The summed E-state index contributed by atoms with van der Waals surface area (Å²) in [5.41, 5.74) is 5.56. The third kappa shape index (κ3) is 4.51. The van der Waals surface area contributed by atoms with Crippen LogP contribution >= 0.6 is 0 Å². The largest absolute Gasteiger partial charge is 0.350 e. The Bertz CT molecular complexity index is 2750. The van der Waals surface area contributed by atoms with E-state index in [-0.39, 0.29) is 12.3 Å². The fourth-order valence-electron chi connectivity index (χ4n) is 7.69. The van der Waals surface area contributed by atoms with Crippen LogP contribution in [-0.2, 0) is 0 Å². The number of hydrogen-bond acceptors (Lipinski definition) is 4. The van der Waals surface area contributed by atoms with Gasteiger partial charge < -0.3 is 5.32 Å². The second-order valence-corrected chi connectivity index (χ2v) is 12.7. The molecule has 0 bridgehead atoms. The van der Waals surface area contributed by atoms with Crippen molar-refractivity contribution < 1.29 is 0 Å². The van der Waals surface area contributed by atoms with Crippen LogP contribution in [-0.4, -0.2) is 15.4 Å². The SMILES string of the molecule is c1ccc2c(C3N=C(c4ccnc(-n5c6ccccc6c6c7ccccc7ccc65)c4)NC(c4cccc5ccccc45)N3)cccc2c1. The van der Waals surface area contributed by atoms with Gasteiger partial charge in [-0.05, 0) is 67.7 Å². The molecular formula is C44H31N5. The molecule has 2 N–H and O–H groups in total. The van der Waals surface area contributed by atoms with Crippen LogP contribution in [0.15, 0.2) is 169 Å². The van der Waals surface area contributed by atoms with Crippen LogP contribution in [0.2, 0.25) is 0 Å². The Morgan fingerprint density at radius 2 is 1.12 bits per heavy atom. The minimum absolute atomic E-state index is 0.182. The van der Waals surface area contributed by atoms with Gasteiger partial charge in [-0.25, -0.2) is 9.98 Å². The van der Waals surface area contributed by atoms with Crippen molar-refractivity contribution in [2.24, 2.45) is 4.99 Å². The Labute approximate surface area is 283 Å². The first-order valence-electron chi connectivity index (χ1n) is 16.7. The van der Waals surface area contributed by atoms with Crippen LogP contribution in [0.1, 0.15) is 29.0 Å². The Kier molecular flexibility index (Phi) is 6.32. The van der Waals surface area contributed by atoms with Crippen molar-refractivity contribution in [3.05, 3.63) is 181 Å². The zero-order valence-electron chi connectivity index (χ0n) is 26.6. The molecule has 5 heteroatoms. The first-order valence-corrected chi connectivity index (χ1v) is 16.7. The predicted molar refractivity (Wildman–Crippen MR) is 202 cm³/mol. The molecule has 232 valence electrons. The van der Waals surface area contributed by atoms with Gasteiger partial charge in [0.2, 0.25) is 0 Å². The lowest BCUT2D eigenvalue weighted by molar-refractivity contribution is 0.412. The molecule has 0 fully saturated rings. The normalized spacial score (nSPS) is 16.4. The number of nitrogens with one attached hydrogen (secondary N) is 2. The lowest BCUT2D eigenvalue weighted by atomic mass is 9.99. The molecule has 2 aromatic heterocycles. The number of amidine groups is 1. The van der Waals surface area contributed by atoms with Gasteiger partial charge >= 0.3 is 0 Å². The van der Waals surface area contributed by atoms with Gasteiger partial charge in [0.15, 0.2) is 0 Å². The van der Waals surface area contributed by atoms with E-state index in [4.69, 9.17) is 9.98 Å². The van der Waals surface area contributed by atoms with Crippen LogP contribution in [0.5, 0.6) is 0 Å². The number of hydrogen-bond donors (Lipinski definition) is 2. The molecule has 9 aromatic rings. The van der Waals surface area contributed by atoms with Gasteiger partial charge in [0.25, 0.3) is 0 Å². The van der Waals surface area contributed by atoms with Crippen molar-refractivity contribution in [3.63, 3.8) is 0 Å². The summed E-state index contributed by atoms with van der Waals surface area (Å²) in [6, 6.07) is 56.0. The van der Waals surface area contributed by atoms with Crippen LogP contribution in [0.25, 0.3) is 59.9 Å². The molecule has 0 aliphatic carbocycles. The summed E-state index contributed by atoms with van der Waals surface area (Å²) in [4.78, 5) is 10.3. The fraction of sp³-hybridized carbons (Fsp3) is 0.0455. The molecule has 3 heterocycles. The van der Waals surface area contributed by atoms with Crippen LogP contribution in [0, 0.1) is 0 Å². The molecule has 1 aliphatic rings. The van der Waals surface area contributed by atoms with E-state index < -0.39 is 0 Å². The van der Waals surface area contributed by atoms with Gasteiger partial charge in [0.05, 0.1) is 11.0 Å². The van der Waals surface area contributed by atoms with Gasteiger partial charge in [0, 0.05) is 22.5 Å². The van der Waals surface area contributed by atoms with Crippen molar-refractivity contribution in [1.29, 1.82) is 0 Å². The first kappa shape index (κ1) is 27.8. The van der Waals surface area contributed by atoms with Gasteiger partial charge in [-0.1, -0.05) is 133 Å². The van der Waals surface area contributed by atoms with Crippen molar-refractivity contribution >= 4 is 60.0 Å². The van der Waals surface area contributed by atoms with Crippen molar-refractivity contribution in [1.82, 2.24) is 20.2 Å². The molecule has 2 unspecified atom stereocenters. The molecule has 0 saturated heterocycles. The second kappa shape index (κ2) is 11.2. The molecule has 5 nitrogen and oxygen atoms in total. The predicted octanol–water partition coefficient (Wildman–Crippen LogP) is 9.98. The summed E-state index contributed by atoms with van der Waals surface area (Å²) in [6.07, 6.45) is 1.44. The molecule has 49 heavy (non-hydrogen) atoms. The molecule has 10 rings (SSSR count). The third-order valence-corrected chi connectivity index (χ3v) is 9.93. The number of nitrogens with zero attached hydrogens (tertiary/aromatic N) is 3. The quantitative estimate of drug-likeness (QED) is 0.204. The summed E-state index contributed by atoms with van der Waals surface area (Å²) in [7, 11) is 0. The zero-order valence-corrected chi connectivity index (χ0v) is 26.6. The Hall–Kier alpha value is -6.30. The molecular weight excluding hydrogens is 599 g/mol. The number of rotatable bonds is 4. The maximum atomic E-state index is 5.37. The highest BCUT2D eigenvalue weighted by atomic mass is 15.3. The minimum Gasteiger partial charge on any atom is -0.350 e. The number of para-hydroxylation sites is 1. The van der Waals surface area contributed by atoms with E-state index in [9.17, 15) is 0 Å². The topological polar surface area (TPSA) is 54.2 Å². The lowest BCUT2D eigenvalue weighted by Crippen LogP contribution is -2.45. The summed E-state index contributed by atoms with van der Waals surface area (Å²) in [5.74, 6) is 1.68. The van der Waals surface area contributed by atoms with Crippen LogP contribution in [0.3, 0.4) is 0 Å². The maximum Gasteiger partial charge on any atom is 0.138 e. The molecule has 0 radical (unpaired) electrons. The average molecular weight is 630 g/mol. The first-order chi connectivity index (χ1) is 24.3. The fourth-order valence-corrected chi connectivity index (χ4v) is 7.69. The number of fused-ring (bicyclic) bond motifs is 7. The van der Waals surface area contributed by atoms with Gasteiger partial charge in [-0.3, -0.25) is 9.88 Å². The highest BCUT2D eigenvalue weighted by Gasteiger charge is 2.28. The Morgan fingerprint density at radius 3 is 1.90 bits per heavy atom.